The molecule has 2 aromatic carbocycles. The van der Waals surface area contributed by atoms with E-state index in [1.54, 1.807) is 38.1 Å². The highest BCUT2D eigenvalue weighted by atomic mass is 32.2. The molecule has 0 bridgehead atoms. The first-order valence-corrected chi connectivity index (χ1v) is 10.7. The van der Waals surface area contributed by atoms with Crippen LogP contribution in [-0.2, 0) is 19.6 Å². The molecule has 1 aliphatic heterocycles. The first-order valence-electron chi connectivity index (χ1n) is 9.30. The molecule has 0 radical (unpaired) electrons. The topological polar surface area (TPSA) is 114 Å². The number of nitrogens with zero attached hydrogens (tertiary/aromatic N) is 1. The molecule has 1 aromatic heterocycles. The lowest BCUT2D eigenvalue weighted by Crippen LogP contribution is -2.31. The number of aliphatic carboxylic acids is 1. The SMILES string of the molecule is CCOC(=O)c1oc2ccc(S(=O)(=O)N3C[C@@H](C(=O)O)c4ccccc43)cc2c1C. The fourth-order valence-corrected chi connectivity index (χ4v) is 5.22. The van der Waals surface area contributed by atoms with Crippen molar-refractivity contribution >= 4 is 38.6 Å². The van der Waals surface area contributed by atoms with Crippen molar-refractivity contribution in [2.24, 2.45) is 0 Å². The zero-order valence-corrected chi connectivity index (χ0v) is 17.1. The van der Waals surface area contributed by atoms with Gasteiger partial charge >= 0.3 is 11.9 Å². The van der Waals surface area contributed by atoms with E-state index in [1.807, 2.05) is 0 Å². The van der Waals surface area contributed by atoms with Gasteiger partial charge in [-0.1, -0.05) is 18.2 Å². The summed E-state index contributed by atoms with van der Waals surface area (Å²) in [6, 6.07) is 10.9. The van der Waals surface area contributed by atoms with Gasteiger partial charge in [0.15, 0.2) is 0 Å². The van der Waals surface area contributed by atoms with Crippen LogP contribution in [0.2, 0.25) is 0 Å². The van der Waals surface area contributed by atoms with Gasteiger partial charge in [-0.2, -0.15) is 0 Å². The second-order valence-corrected chi connectivity index (χ2v) is 8.78. The van der Waals surface area contributed by atoms with Crippen molar-refractivity contribution in [3.63, 3.8) is 0 Å². The Bertz CT molecular complexity index is 1280. The highest BCUT2D eigenvalue weighted by molar-refractivity contribution is 7.92. The lowest BCUT2D eigenvalue weighted by atomic mass is 10.0. The van der Waals surface area contributed by atoms with E-state index in [0.29, 0.717) is 27.8 Å². The van der Waals surface area contributed by atoms with Gasteiger partial charge in [0.25, 0.3) is 10.0 Å². The molecule has 2 heterocycles. The van der Waals surface area contributed by atoms with Crippen LogP contribution >= 0.6 is 0 Å². The molecule has 1 N–H and O–H groups in total. The standard InChI is InChI=1S/C21H19NO7S/c1-3-28-21(25)19-12(2)15-10-13(8-9-18(15)29-19)30(26,27)22-11-16(20(23)24)14-6-4-5-7-17(14)22/h4-10,16H,3,11H2,1-2H3,(H,23,24)/t16-/m1/s1. The minimum atomic E-state index is -4.04. The number of carboxylic acids is 1. The van der Waals surface area contributed by atoms with Crippen molar-refractivity contribution in [3.8, 4) is 0 Å². The van der Waals surface area contributed by atoms with E-state index in [-0.39, 0.29) is 23.8 Å². The van der Waals surface area contributed by atoms with E-state index in [2.05, 4.69) is 0 Å². The van der Waals surface area contributed by atoms with Gasteiger partial charge in [-0.3, -0.25) is 9.10 Å². The number of carbonyl (C=O) groups is 2. The highest BCUT2D eigenvalue weighted by Crippen LogP contribution is 2.40. The molecule has 0 saturated heterocycles. The molecule has 156 valence electrons. The number of fused-ring (bicyclic) bond motifs is 2. The van der Waals surface area contributed by atoms with Gasteiger partial charge in [-0.25, -0.2) is 13.2 Å². The molecule has 9 heteroatoms. The molecule has 0 unspecified atom stereocenters. The molecule has 8 nitrogen and oxygen atoms in total. The fraction of sp³-hybridized carbons (Fsp3) is 0.238. The van der Waals surface area contributed by atoms with E-state index < -0.39 is 27.9 Å². The van der Waals surface area contributed by atoms with Crippen molar-refractivity contribution in [1.29, 1.82) is 0 Å². The third-order valence-corrected chi connectivity index (χ3v) is 6.96. The maximum atomic E-state index is 13.4. The molecule has 1 aliphatic rings. The lowest BCUT2D eigenvalue weighted by Gasteiger charge is -2.19. The average Bonchev–Trinajstić information content (AvgIpc) is 3.27. The molecule has 4 rings (SSSR count). The van der Waals surface area contributed by atoms with Crippen LogP contribution in [0.4, 0.5) is 5.69 Å². The average molecular weight is 429 g/mol. The molecule has 30 heavy (non-hydrogen) atoms. The Hall–Kier alpha value is -3.33. The van der Waals surface area contributed by atoms with Crippen LogP contribution in [0.1, 0.15) is 34.5 Å². The third kappa shape index (κ3) is 3.02. The number of para-hydroxylation sites is 1. The maximum absolute atomic E-state index is 13.4. The van der Waals surface area contributed by atoms with Crippen LogP contribution in [-0.4, -0.2) is 38.6 Å². The van der Waals surface area contributed by atoms with E-state index in [1.165, 1.54) is 18.2 Å². The predicted molar refractivity (Wildman–Crippen MR) is 108 cm³/mol. The minimum absolute atomic E-state index is 0.0184. The summed E-state index contributed by atoms with van der Waals surface area (Å²) in [7, 11) is -4.04. The number of ether oxygens (including phenoxy) is 1. The van der Waals surface area contributed by atoms with Gasteiger partial charge in [0.05, 0.1) is 23.7 Å². The maximum Gasteiger partial charge on any atom is 0.374 e. The monoisotopic (exact) mass is 429 g/mol. The second kappa shape index (κ2) is 7.17. The van der Waals surface area contributed by atoms with E-state index in [0.717, 1.165) is 4.31 Å². The number of carbonyl (C=O) groups excluding carboxylic acids is 1. The van der Waals surface area contributed by atoms with Crippen LogP contribution in [0.25, 0.3) is 11.0 Å². The molecule has 1 atom stereocenters. The van der Waals surface area contributed by atoms with Gasteiger partial charge in [0.1, 0.15) is 11.5 Å². The second-order valence-electron chi connectivity index (χ2n) is 6.92. The normalized spacial score (nSPS) is 15.9. The highest BCUT2D eigenvalue weighted by Gasteiger charge is 2.40. The Morgan fingerprint density at radius 1 is 1.23 bits per heavy atom. The van der Waals surface area contributed by atoms with Crippen LogP contribution < -0.4 is 4.31 Å². The number of hydrogen-bond donors (Lipinski definition) is 1. The summed E-state index contributed by atoms with van der Waals surface area (Å²) >= 11 is 0. The van der Waals surface area contributed by atoms with Crippen LogP contribution in [0.15, 0.2) is 51.8 Å². The summed E-state index contributed by atoms with van der Waals surface area (Å²) in [6.45, 7) is 3.33. The first-order chi connectivity index (χ1) is 14.3. The van der Waals surface area contributed by atoms with Crippen molar-refractivity contribution in [3.05, 3.63) is 59.4 Å². The van der Waals surface area contributed by atoms with E-state index >= 15 is 0 Å². The first kappa shape index (κ1) is 20.0. The number of carboxylic acid groups (broad SMARTS) is 1. The number of anilines is 1. The van der Waals surface area contributed by atoms with Gasteiger partial charge in [0.2, 0.25) is 5.76 Å². The number of furan rings is 1. The summed E-state index contributed by atoms with van der Waals surface area (Å²) in [5, 5.41) is 9.99. The molecular weight excluding hydrogens is 410 g/mol. The van der Waals surface area contributed by atoms with Gasteiger partial charge in [0, 0.05) is 10.9 Å². The summed E-state index contributed by atoms with van der Waals surface area (Å²) < 4.78 is 38.4. The van der Waals surface area contributed by atoms with Crippen molar-refractivity contribution in [2.45, 2.75) is 24.7 Å². The third-order valence-electron chi connectivity index (χ3n) is 5.18. The fourth-order valence-electron chi connectivity index (χ4n) is 3.69. The molecular formula is C21H19NO7S. The Kier molecular flexibility index (Phi) is 4.77. The van der Waals surface area contributed by atoms with Crippen LogP contribution in [0.3, 0.4) is 0 Å². The number of esters is 1. The molecule has 0 saturated carbocycles. The minimum Gasteiger partial charge on any atom is -0.481 e. The number of aryl methyl sites for hydroxylation is 1. The number of hydrogen-bond acceptors (Lipinski definition) is 6. The summed E-state index contributed by atoms with van der Waals surface area (Å²) in [5.41, 5.74) is 1.64. The zero-order valence-electron chi connectivity index (χ0n) is 16.3. The lowest BCUT2D eigenvalue weighted by molar-refractivity contribution is -0.138. The van der Waals surface area contributed by atoms with Gasteiger partial charge in [-0.15, -0.1) is 0 Å². The molecule has 0 spiro atoms. The van der Waals surface area contributed by atoms with Gasteiger partial charge < -0.3 is 14.3 Å². The zero-order chi connectivity index (χ0) is 21.6. The quantitative estimate of drug-likeness (QED) is 0.619. The summed E-state index contributed by atoms with van der Waals surface area (Å²) in [6.07, 6.45) is 0. The number of benzene rings is 2. The number of sulfonamides is 1. The Labute approximate surface area is 172 Å². The smallest absolute Gasteiger partial charge is 0.374 e. The number of rotatable bonds is 5. The van der Waals surface area contributed by atoms with E-state index in [9.17, 15) is 23.1 Å². The molecule has 3 aromatic rings. The predicted octanol–water partition coefficient (Wildman–Crippen LogP) is 3.30. The van der Waals surface area contributed by atoms with Crippen LogP contribution in [0.5, 0.6) is 0 Å². The van der Waals surface area contributed by atoms with Crippen molar-refractivity contribution in [1.82, 2.24) is 0 Å². The largest absolute Gasteiger partial charge is 0.481 e. The molecule has 0 amide bonds. The van der Waals surface area contributed by atoms with Crippen LogP contribution in [0, 0.1) is 6.92 Å². The molecule has 0 aliphatic carbocycles. The summed E-state index contributed by atoms with van der Waals surface area (Å²) in [5.74, 6) is -2.61. The van der Waals surface area contributed by atoms with Gasteiger partial charge in [-0.05, 0) is 43.7 Å². The Balaban J connectivity index is 1.79. The summed E-state index contributed by atoms with van der Waals surface area (Å²) in [4.78, 5) is 23.7. The van der Waals surface area contributed by atoms with Crippen molar-refractivity contribution in [2.75, 3.05) is 17.5 Å². The van der Waals surface area contributed by atoms with E-state index in [4.69, 9.17) is 9.15 Å². The Morgan fingerprint density at radius 2 is 1.97 bits per heavy atom. The Morgan fingerprint density at radius 3 is 2.67 bits per heavy atom. The van der Waals surface area contributed by atoms with Crippen molar-refractivity contribution < 1.29 is 32.3 Å². The molecule has 0 fully saturated rings.